The molecule has 0 saturated heterocycles. The third kappa shape index (κ3) is 2.77. The lowest BCUT2D eigenvalue weighted by Crippen LogP contribution is -2.29. The predicted molar refractivity (Wildman–Crippen MR) is 88.0 cm³/mol. The summed E-state index contributed by atoms with van der Waals surface area (Å²) in [5, 5.41) is 18.2. The summed E-state index contributed by atoms with van der Waals surface area (Å²) in [6, 6.07) is 10.3. The molecule has 0 saturated carbocycles. The van der Waals surface area contributed by atoms with Gasteiger partial charge in [0, 0.05) is 6.54 Å². The fourth-order valence-electron chi connectivity index (χ4n) is 2.49. The van der Waals surface area contributed by atoms with Crippen LogP contribution in [0.15, 0.2) is 42.7 Å². The summed E-state index contributed by atoms with van der Waals surface area (Å²) in [5.41, 5.74) is 14.5. The molecule has 0 aliphatic heterocycles. The molecule has 23 heavy (non-hydrogen) atoms. The Morgan fingerprint density at radius 1 is 1.17 bits per heavy atom. The minimum absolute atomic E-state index is 0.254. The quantitative estimate of drug-likeness (QED) is 0.379. The molecule has 2 aromatic carbocycles. The number of rotatable bonds is 4. The van der Waals surface area contributed by atoms with Crippen molar-refractivity contribution in [1.82, 2.24) is 9.55 Å². The summed E-state index contributed by atoms with van der Waals surface area (Å²) in [6.45, 7) is 0.535. The fraction of sp³-hybridized carbons (Fsp3) is 0.0667. The van der Waals surface area contributed by atoms with Gasteiger partial charge < -0.3 is 26.1 Å². The third-order valence-corrected chi connectivity index (χ3v) is 3.73. The second-order valence-electron chi connectivity index (χ2n) is 5.25. The van der Waals surface area contributed by atoms with E-state index in [1.165, 1.54) is 0 Å². The molecule has 0 unspecified atom stereocenters. The van der Waals surface area contributed by atoms with Crippen molar-refractivity contribution in [3.63, 3.8) is 0 Å². The highest BCUT2D eigenvalue weighted by Gasteiger charge is 2.14. The standard InChI is InChI=1S/C15H15BN4O3/c17-13-11(15(18)21)5-6-12-14(13)19-8-20(12)7-9-1-3-10(4-2-9)16(22)23/h1-6,8,22-23H,7,17H2,(H2,18,21). The number of hydrogen-bond acceptors (Lipinski definition) is 5. The van der Waals surface area contributed by atoms with Crippen LogP contribution in [0.25, 0.3) is 11.0 Å². The Kier molecular flexibility index (Phi) is 3.77. The van der Waals surface area contributed by atoms with E-state index in [2.05, 4.69) is 4.98 Å². The van der Waals surface area contributed by atoms with E-state index < -0.39 is 13.0 Å². The highest BCUT2D eigenvalue weighted by Crippen LogP contribution is 2.24. The molecule has 3 rings (SSSR count). The van der Waals surface area contributed by atoms with Crippen molar-refractivity contribution in [3.8, 4) is 0 Å². The summed E-state index contributed by atoms with van der Waals surface area (Å²) >= 11 is 0. The van der Waals surface area contributed by atoms with E-state index in [9.17, 15) is 4.79 Å². The van der Waals surface area contributed by atoms with Gasteiger partial charge in [0.15, 0.2) is 0 Å². The second-order valence-corrected chi connectivity index (χ2v) is 5.25. The van der Waals surface area contributed by atoms with E-state index in [1.54, 1.807) is 30.6 Å². The lowest BCUT2D eigenvalue weighted by atomic mass is 9.80. The molecule has 0 aliphatic rings. The van der Waals surface area contributed by atoms with Crippen LogP contribution >= 0.6 is 0 Å². The maximum absolute atomic E-state index is 11.3. The number of carbonyl (C=O) groups is 1. The average Bonchev–Trinajstić information content (AvgIpc) is 2.92. The number of carbonyl (C=O) groups excluding carboxylic acids is 1. The van der Waals surface area contributed by atoms with Gasteiger partial charge in [-0.15, -0.1) is 0 Å². The van der Waals surface area contributed by atoms with Crippen LogP contribution in [0.4, 0.5) is 5.69 Å². The zero-order valence-corrected chi connectivity index (χ0v) is 12.2. The Balaban J connectivity index is 1.95. The third-order valence-electron chi connectivity index (χ3n) is 3.73. The smallest absolute Gasteiger partial charge is 0.423 e. The number of fused-ring (bicyclic) bond motifs is 1. The summed E-state index contributed by atoms with van der Waals surface area (Å²) in [5.74, 6) is -0.586. The van der Waals surface area contributed by atoms with Crippen LogP contribution in [0.5, 0.6) is 0 Å². The van der Waals surface area contributed by atoms with Crippen LogP contribution < -0.4 is 16.9 Å². The van der Waals surface area contributed by atoms with E-state index in [0.29, 0.717) is 17.5 Å². The summed E-state index contributed by atoms with van der Waals surface area (Å²) in [7, 11) is -1.48. The first-order valence-corrected chi connectivity index (χ1v) is 6.95. The van der Waals surface area contributed by atoms with Crippen molar-refractivity contribution in [1.29, 1.82) is 0 Å². The Morgan fingerprint density at radius 3 is 2.48 bits per heavy atom. The molecule has 3 aromatic rings. The van der Waals surface area contributed by atoms with Gasteiger partial charge in [-0.3, -0.25) is 4.79 Å². The van der Waals surface area contributed by atoms with Crippen LogP contribution in [0.2, 0.25) is 0 Å². The average molecular weight is 310 g/mol. The van der Waals surface area contributed by atoms with Gasteiger partial charge in [-0.1, -0.05) is 24.3 Å². The normalized spacial score (nSPS) is 10.9. The number of aromatic nitrogens is 2. The zero-order chi connectivity index (χ0) is 16.6. The van der Waals surface area contributed by atoms with Crippen LogP contribution in [0.1, 0.15) is 15.9 Å². The first kappa shape index (κ1) is 15.1. The SMILES string of the molecule is NC(=O)c1ccc2c(ncn2Cc2ccc(B(O)O)cc2)c1N. The number of nitrogens with zero attached hydrogens (tertiary/aromatic N) is 2. The topological polar surface area (TPSA) is 127 Å². The van der Waals surface area contributed by atoms with Crippen molar-refractivity contribution >= 4 is 35.2 Å². The molecule has 0 radical (unpaired) electrons. The Bertz CT molecular complexity index is 874. The van der Waals surface area contributed by atoms with Gasteiger partial charge in [0.25, 0.3) is 5.91 Å². The van der Waals surface area contributed by atoms with Gasteiger partial charge in [0.05, 0.1) is 23.1 Å². The minimum atomic E-state index is -1.48. The van der Waals surface area contributed by atoms with Gasteiger partial charge in [-0.05, 0) is 23.2 Å². The minimum Gasteiger partial charge on any atom is -0.423 e. The van der Waals surface area contributed by atoms with Crippen molar-refractivity contribution in [2.75, 3.05) is 5.73 Å². The number of nitrogens with two attached hydrogens (primary N) is 2. The highest BCUT2D eigenvalue weighted by molar-refractivity contribution is 6.58. The predicted octanol–water partition coefficient (Wildman–Crippen LogP) is -0.555. The molecule has 1 amide bonds. The van der Waals surface area contributed by atoms with Crippen LogP contribution in [0, 0.1) is 0 Å². The molecular weight excluding hydrogens is 295 g/mol. The van der Waals surface area contributed by atoms with Crippen molar-refractivity contribution in [2.45, 2.75) is 6.54 Å². The Hall–Kier alpha value is -2.84. The van der Waals surface area contributed by atoms with Gasteiger partial charge >= 0.3 is 7.12 Å². The van der Waals surface area contributed by atoms with Crippen LogP contribution in [-0.2, 0) is 6.54 Å². The first-order valence-electron chi connectivity index (χ1n) is 6.95. The van der Waals surface area contributed by atoms with E-state index in [4.69, 9.17) is 21.5 Å². The molecule has 8 heteroatoms. The van der Waals surface area contributed by atoms with Gasteiger partial charge in [-0.2, -0.15) is 0 Å². The maximum atomic E-state index is 11.3. The highest BCUT2D eigenvalue weighted by atomic mass is 16.4. The largest absolute Gasteiger partial charge is 0.488 e. The number of amides is 1. The molecule has 1 heterocycles. The Morgan fingerprint density at radius 2 is 1.87 bits per heavy atom. The molecule has 0 atom stereocenters. The summed E-state index contributed by atoms with van der Waals surface area (Å²) < 4.78 is 1.89. The van der Waals surface area contributed by atoms with Gasteiger partial charge in [-0.25, -0.2) is 4.98 Å². The summed E-state index contributed by atoms with van der Waals surface area (Å²) in [4.78, 5) is 15.6. The molecule has 0 fully saturated rings. The second kappa shape index (κ2) is 5.75. The number of primary amides is 1. The maximum Gasteiger partial charge on any atom is 0.488 e. The Labute approximate surface area is 132 Å². The number of imidazole rings is 1. The number of nitrogen functional groups attached to an aromatic ring is 1. The lowest BCUT2D eigenvalue weighted by molar-refractivity contribution is 0.100. The monoisotopic (exact) mass is 310 g/mol. The van der Waals surface area contributed by atoms with Crippen LogP contribution in [0.3, 0.4) is 0 Å². The molecule has 0 spiro atoms. The van der Waals surface area contributed by atoms with E-state index in [-0.39, 0.29) is 11.3 Å². The molecule has 6 N–H and O–H groups in total. The van der Waals surface area contributed by atoms with Crippen molar-refractivity contribution < 1.29 is 14.8 Å². The molecule has 116 valence electrons. The summed E-state index contributed by atoms with van der Waals surface area (Å²) in [6.07, 6.45) is 1.64. The molecule has 0 aliphatic carbocycles. The number of hydrogen-bond donors (Lipinski definition) is 4. The van der Waals surface area contributed by atoms with Crippen molar-refractivity contribution in [2.24, 2.45) is 5.73 Å². The van der Waals surface area contributed by atoms with Gasteiger partial charge in [0.1, 0.15) is 5.52 Å². The lowest BCUT2D eigenvalue weighted by Gasteiger charge is -2.07. The van der Waals surface area contributed by atoms with E-state index >= 15 is 0 Å². The number of benzene rings is 2. The molecular formula is C15H15BN4O3. The fourth-order valence-corrected chi connectivity index (χ4v) is 2.49. The first-order chi connectivity index (χ1) is 11.0. The zero-order valence-electron chi connectivity index (χ0n) is 12.2. The molecule has 0 bridgehead atoms. The van der Waals surface area contributed by atoms with E-state index in [0.717, 1.165) is 11.1 Å². The van der Waals surface area contributed by atoms with Crippen LogP contribution in [-0.4, -0.2) is 32.6 Å². The van der Waals surface area contributed by atoms with E-state index in [1.807, 2.05) is 16.7 Å². The number of anilines is 1. The molecule has 1 aromatic heterocycles. The van der Waals surface area contributed by atoms with Gasteiger partial charge in [0.2, 0.25) is 0 Å². The molecule has 7 nitrogen and oxygen atoms in total. The van der Waals surface area contributed by atoms with Crippen molar-refractivity contribution in [3.05, 3.63) is 53.9 Å².